The van der Waals surface area contributed by atoms with Crippen LogP contribution in [0.3, 0.4) is 0 Å². The molecule has 5 aromatic rings. The Morgan fingerprint density at radius 1 is 1.17 bits per heavy atom. The molecule has 0 aliphatic heterocycles. The number of anilines is 2. The van der Waals surface area contributed by atoms with E-state index in [1.54, 1.807) is 42.9 Å². The first kappa shape index (κ1) is 23.7. The molecular formula is C24H22N6O4S2. The van der Waals surface area contributed by atoms with Gasteiger partial charge in [-0.25, -0.2) is 18.4 Å². The molecule has 12 heteroatoms. The maximum Gasteiger partial charge on any atom is 0.268 e. The fraction of sp³-hybridized carbons (Fsp3) is 0.167. The van der Waals surface area contributed by atoms with Gasteiger partial charge in [0, 0.05) is 26.0 Å². The number of hydrogen-bond donors (Lipinski definition) is 1. The third kappa shape index (κ3) is 4.86. The van der Waals surface area contributed by atoms with Crippen molar-refractivity contribution >= 4 is 49.9 Å². The highest BCUT2D eigenvalue weighted by molar-refractivity contribution is 7.92. The predicted molar refractivity (Wildman–Crippen MR) is 139 cm³/mol. The number of thiophene rings is 1. The summed E-state index contributed by atoms with van der Waals surface area (Å²) in [6.07, 6.45) is 8.26. The molecule has 0 aliphatic carbocycles. The first-order valence-corrected chi connectivity index (χ1v) is 13.6. The molecule has 184 valence electrons. The van der Waals surface area contributed by atoms with Crippen molar-refractivity contribution in [3.8, 4) is 10.6 Å². The largest absolute Gasteiger partial charge is 0.443 e. The smallest absolute Gasteiger partial charge is 0.268 e. The minimum Gasteiger partial charge on any atom is -0.443 e. The summed E-state index contributed by atoms with van der Waals surface area (Å²) in [7, 11) is -1.95. The first-order valence-electron chi connectivity index (χ1n) is 10.9. The van der Waals surface area contributed by atoms with Gasteiger partial charge >= 0.3 is 0 Å². The molecule has 1 N–H and O–H groups in total. The van der Waals surface area contributed by atoms with Gasteiger partial charge in [0.2, 0.25) is 16.0 Å². The topological polar surface area (TPSA) is 123 Å². The van der Waals surface area contributed by atoms with E-state index >= 15 is 0 Å². The van der Waals surface area contributed by atoms with Gasteiger partial charge in [0.25, 0.3) is 5.91 Å². The number of imidazole rings is 1. The van der Waals surface area contributed by atoms with Crippen LogP contribution in [0.4, 0.5) is 11.6 Å². The van der Waals surface area contributed by atoms with Crippen molar-refractivity contribution in [3.05, 3.63) is 77.9 Å². The van der Waals surface area contributed by atoms with Crippen LogP contribution in [-0.4, -0.2) is 47.1 Å². The standard InChI is InChI=1S/C24H22N6O4S2/c1-29(36(2,32)33)17-5-6-19-18(12-17)27-24(30(19)11-9-16-4-3-10-25-13-16)28-23(31)22-8-7-21(35-22)20-14-26-15-34-20/h3-8,10,12-15H,9,11H2,1-2H3,(H,27,28,31). The summed E-state index contributed by atoms with van der Waals surface area (Å²) in [5, 5.41) is 2.92. The Balaban J connectivity index is 1.48. The van der Waals surface area contributed by atoms with Gasteiger partial charge in [0.1, 0.15) is 0 Å². The number of oxazole rings is 1. The molecule has 36 heavy (non-hydrogen) atoms. The first-order chi connectivity index (χ1) is 17.3. The Morgan fingerprint density at radius 2 is 2.03 bits per heavy atom. The number of aryl methyl sites for hydroxylation is 2. The number of carbonyl (C=O) groups is 1. The molecule has 0 spiro atoms. The van der Waals surface area contributed by atoms with Gasteiger partial charge in [-0.15, -0.1) is 11.3 Å². The molecule has 0 unspecified atom stereocenters. The van der Waals surface area contributed by atoms with Crippen molar-refractivity contribution in [3.63, 3.8) is 0 Å². The molecule has 0 aliphatic rings. The van der Waals surface area contributed by atoms with Crippen LogP contribution in [0.1, 0.15) is 15.2 Å². The highest BCUT2D eigenvalue weighted by Gasteiger charge is 2.19. The van der Waals surface area contributed by atoms with Crippen LogP contribution in [-0.2, 0) is 23.0 Å². The van der Waals surface area contributed by atoms with Crippen molar-refractivity contribution < 1.29 is 17.6 Å². The predicted octanol–water partition coefficient (Wildman–Crippen LogP) is 4.04. The lowest BCUT2D eigenvalue weighted by Gasteiger charge is -2.16. The zero-order chi connectivity index (χ0) is 25.3. The summed E-state index contributed by atoms with van der Waals surface area (Å²) < 4.78 is 32.5. The monoisotopic (exact) mass is 522 g/mol. The lowest BCUT2D eigenvalue weighted by Crippen LogP contribution is -2.24. The molecule has 4 aromatic heterocycles. The summed E-state index contributed by atoms with van der Waals surface area (Å²) in [6.45, 7) is 0.535. The highest BCUT2D eigenvalue weighted by atomic mass is 32.2. The van der Waals surface area contributed by atoms with Crippen LogP contribution >= 0.6 is 11.3 Å². The summed E-state index contributed by atoms with van der Waals surface area (Å²) in [5.41, 5.74) is 2.86. The summed E-state index contributed by atoms with van der Waals surface area (Å²) in [4.78, 5) is 27.1. The summed E-state index contributed by atoms with van der Waals surface area (Å²) in [5.74, 6) is 0.648. The van der Waals surface area contributed by atoms with Gasteiger partial charge in [-0.05, 0) is 48.4 Å². The Hall–Kier alpha value is -4.03. The van der Waals surface area contributed by atoms with Crippen LogP contribution in [0, 0.1) is 0 Å². The average Bonchev–Trinajstić information content (AvgIpc) is 3.62. The molecule has 0 radical (unpaired) electrons. The van der Waals surface area contributed by atoms with Gasteiger partial charge in [-0.2, -0.15) is 0 Å². The number of aromatic nitrogens is 4. The van der Waals surface area contributed by atoms with Gasteiger partial charge in [-0.3, -0.25) is 19.4 Å². The fourth-order valence-electron chi connectivity index (χ4n) is 3.71. The van der Waals surface area contributed by atoms with E-state index in [9.17, 15) is 13.2 Å². The number of amides is 1. The summed E-state index contributed by atoms with van der Waals surface area (Å²) in [6, 6.07) is 12.6. The Labute approximate surface area is 211 Å². The number of benzene rings is 1. The van der Waals surface area contributed by atoms with Gasteiger partial charge in [-0.1, -0.05) is 6.07 Å². The molecule has 1 amide bonds. The highest BCUT2D eigenvalue weighted by Crippen LogP contribution is 2.30. The van der Waals surface area contributed by atoms with E-state index in [4.69, 9.17) is 4.42 Å². The molecule has 0 bridgehead atoms. The number of sulfonamides is 1. The number of hydrogen-bond acceptors (Lipinski definition) is 8. The second kappa shape index (κ2) is 9.55. The van der Waals surface area contributed by atoms with Crippen molar-refractivity contribution in [2.45, 2.75) is 13.0 Å². The molecule has 0 atom stereocenters. The van der Waals surface area contributed by atoms with Crippen LogP contribution in [0.2, 0.25) is 0 Å². The van der Waals surface area contributed by atoms with E-state index in [1.807, 2.05) is 22.8 Å². The zero-order valence-corrected chi connectivity index (χ0v) is 21.1. The molecule has 0 saturated heterocycles. The number of rotatable bonds is 8. The molecule has 0 saturated carbocycles. The quantitative estimate of drug-likeness (QED) is 0.326. The Morgan fingerprint density at radius 3 is 2.75 bits per heavy atom. The minimum atomic E-state index is -3.43. The van der Waals surface area contributed by atoms with Crippen LogP contribution in [0.25, 0.3) is 21.7 Å². The van der Waals surface area contributed by atoms with Crippen molar-refractivity contribution in [2.24, 2.45) is 0 Å². The lowest BCUT2D eigenvalue weighted by atomic mass is 10.2. The van der Waals surface area contributed by atoms with E-state index in [0.717, 1.165) is 22.2 Å². The van der Waals surface area contributed by atoms with Gasteiger partial charge in [0.15, 0.2) is 12.2 Å². The van der Waals surface area contributed by atoms with Crippen LogP contribution in [0.15, 0.2) is 71.9 Å². The van der Waals surface area contributed by atoms with E-state index in [-0.39, 0.29) is 5.91 Å². The van der Waals surface area contributed by atoms with Crippen LogP contribution in [0.5, 0.6) is 0 Å². The SMILES string of the molecule is CN(c1ccc2c(c1)nc(NC(=O)c1ccc(-c3cnco3)s1)n2CCc1cccnc1)S(C)(=O)=O. The number of carbonyl (C=O) groups excluding carboxylic acids is 1. The van der Waals surface area contributed by atoms with E-state index in [0.29, 0.717) is 40.8 Å². The molecule has 1 aromatic carbocycles. The van der Waals surface area contributed by atoms with Crippen LogP contribution < -0.4 is 9.62 Å². The second-order valence-corrected chi connectivity index (χ2v) is 11.2. The number of fused-ring (bicyclic) bond motifs is 1. The fourth-order valence-corrected chi connectivity index (χ4v) is 5.06. The average molecular weight is 523 g/mol. The third-order valence-corrected chi connectivity index (χ3v) is 7.97. The minimum absolute atomic E-state index is 0.308. The van der Waals surface area contributed by atoms with E-state index in [1.165, 1.54) is 29.1 Å². The number of pyridine rings is 1. The van der Waals surface area contributed by atoms with E-state index < -0.39 is 10.0 Å². The zero-order valence-electron chi connectivity index (χ0n) is 19.5. The molecule has 0 fully saturated rings. The number of nitrogens with one attached hydrogen (secondary N) is 1. The number of nitrogens with zero attached hydrogens (tertiary/aromatic N) is 5. The molecule has 10 nitrogen and oxygen atoms in total. The van der Waals surface area contributed by atoms with E-state index in [2.05, 4.69) is 20.3 Å². The summed E-state index contributed by atoms with van der Waals surface area (Å²) >= 11 is 1.29. The van der Waals surface area contributed by atoms with Gasteiger partial charge < -0.3 is 8.98 Å². The second-order valence-electron chi connectivity index (χ2n) is 8.09. The third-order valence-electron chi connectivity index (χ3n) is 5.67. The maximum atomic E-state index is 13.1. The molecular weight excluding hydrogens is 500 g/mol. The Kier molecular flexibility index (Phi) is 6.29. The normalized spacial score (nSPS) is 11.6. The lowest BCUT2D eigenvalue weighted by molar-refractivity contribution is 0.102. The molecule has 4 heterocycles. The van der Waals surface area contributed by atoms with Crippen molar-refractivity contribution in [1.82, 2.24) is 19.5 Å². The van der Waals surface area contributed by atoms with Crippen molar-refractivity contribution in [1.29, 1.82) is 0 Å². The maximum absolute atomic E-state index is 13.1. The van der Waals surface area contributed by atoms with Gasteiger partial charge in [0.05, 0.1) is 38.9 Å². The van der Waals surface area contributed by atoms with Crippen molar-refractivity contribution in [2.75, 3.05) is 22.9 Å². The molecule has 5 rings (SSSR count). The Bertz CT molecular complexity index is 1630.